The zero-order chi connectivity index (χ0) is 24.4. The largest absolute Gasteiger partial charge is 0.508 e. The zero-order valence-electron chi connectivity index (χ0n) is 19.9. The van der Waals surface area contributed by atoms with E-state index in [1.54, 1.807) is 12.1 Å². The molecular weight excluding hydrogens is 444 g/mol. The summed E-state index contributed by atoms with van der Waals surface area (Å²) in [6.07, 6.45) is 1.31. The first-order valence-corrected chi connectivity index (χ1v) is 12.0. The summed E-state index contributed by atoms with van der Waals surface area (Å²) in [5.41, 5.74) is 1.27. The first-order valence-electron chi connectivity index (χ1n) is 12.0. The molecule has 0 bridgehead atoms. The average molecular weight is 475 g/mol. The number of methoxy groups -OCH3 is 1. The van der Waals surface area contributed by atoms with Crippen LogP contribution in [0.3, 0.4) is 0 Å². The van der Waals surface area contributed by atoms with Gasteiger partial charge in [-0.15, -0.1) is 0 Å². The highest BCUT2D eigenvalue weighted by molar-refractivity contribution is 5.88. The van der Waals surface area contributed by atoms with E-state index in [0.717, 1.165) is 21.9 Å². The van der Waals surface area contributed by atoms with Gasteiger partial charge in [0.05, 0.1) is 18.6 Å². The number of hydrogen-bond acceptors (Lipinski definition) is 6. The van der Waals surface area contributed by atoms with Crippen LogP contribution >= 0.6 is 0 Å². The lowest BCUT2D eigenvalue weighted by Crippen LogP contribution is -2.57. The minimum absolute atomic E-state index is 0.0942. The molecule has 5 rings (SSSR count). The molecule has 2 aliphatic rings. The Morgan fingerprint density at radius 3 is 2.51 bits per heavy atom. The van der Waals surface area contributed by atoms with Gasteiger partial charge in [0, 0.05) is 26.1 Å². The Morgan fingerprint density at radius 1 is 1.00 bits per heavy atom. The average Bonchev–Trinajstić information content (AvgIpc) is 3.14. The predicted octanol–water partition coefficient (Wildman–Crippen LogP) is 4.03. The monoisotopic (exact) mass is 474 g/mol. The number of carbonyl (C=O) groups is 2. The van der Waals surface area contributed by atoms with E-state index >= 15 is 0 Å². The molecule has 2 saturated heterocycles. The molecular formula is C28H30N2O5. The second-order valence-electron chi connectivity index (χ2n) is 9.47. The third-order valence-corrected chi connectivity index (χ3v) is 7.36. The molecule has 1 amide bonds. The van der Waals surface area contributed by atoms with Crippen LogP contribution in [0.2, 0.25) is 0 Å². The number of phenolic OH excluding ortho intramolecular Hbond substituents is 1. The molecule has 2 heterocycles. The maximum absolute atomic E-state index is 13.1. The van der Waals surface area contributed by atoms with E-state index in [-0.39, 0.29) is 30.7 Å². The first-order chi connectivity index (χ1) is 17.0. The number of piperidine rings is 1. The van der Waals surface area contributed by atoms with Crippen LogP contribution in [0, 0.1) is 5.92 Å². The third-order valence-electron chi connectivity index (χ3n) is 7.36. The van der Waals surface area contributed by atoms with Crippen molar-refractivity contribution in [2.45, 2.75) is 38.0 Å². The van der Waals surface area contributed by atoms with Gasteiger partial charge in [0.15, 0.2) is 0 Å². The van der Waals surface area contributed by atoms with E-state index in [4.69, 9.17) is 9.57 Å². The van der Waals surface area contributed by atoms with Crippen LogP contribution < -0.4 is 0 Å². The van der Waals surface area contributed by atoms with Gasteiger partial charge in [-0.3, -0.25) is 19.3 Å². The lowest BCUT2D eigenvalue weighted by Gasteiger charge is -2.45. The number of likely N-dealkylation sites (tertiary alicyclic amines) is 1. The van der Waals surface area contributed by atoms with Crippen molar-refractivity contribution in [3.8, 4) is 5.75 Å². The van der Waals surface area contributed by atoms with Gasteiger partial charge >= 0.3 is 5.97 Å². The van der Waals surface area contributed by atoms with Crippen LogP contribution in [0.5, 0.6) is 5.75 Å². The van der Waals surface area contributed by atoms with E-state index in [1.807, 2.05) is 36.4 Å². The third kappa shape index (κ3) is 4.61. The molecule has 0 aromatic heterocycles. The van der Waals surface area contributed by atoms with Crippen molar-refractivity contribution in [2.75, 3.05) is 20.2 Å². The molecule has 182 valence electrons. The summed E-state index contributed by atoms with van der Waals surface area (Å²) in [5, 5.41) is 13.5. The lowest BCUT2D eigenvalue weighted by atomic mass is 9.77. The second kappa shape index (κ2) is 9.68. The number of rotatable bonds is 6. The van der Waals surface area contributed by atoms with E-state index in [2.05, 4.69) is 23.1 Å². The number of carbonyl (C=O) groups excluding carboxylic acids is 2. The highest BCUT2D eigenvalue weighted by atomic mass is 16.7. The Morgan fingerprint density at radius 2 is 1.77 bits per heavy atom. The molecule has 35 heavy (non-hydrogen) atoms. The standard InChI is InChI=1S/C28H30N2O5/c1-34-27(33)25-17-26(32)30(35-19-21-9-10-22-6-2-3-7-23(22)15-21)28(25)11-13-29(14-12-28)18-20-5-4-8-24(31)16-20/h2-10,15-16,25,31H,11-14,17-19H2,1H3. The topological polar surface area (TPSA) is 79.3 Å². The molecule has 1 unspecified atom stereocenters. The maximum Gasteiger partial charge on any atom is 0.311 e. The van der Waals surface area contributed by atoms with Gasteiger partial charge in [-0.2, -0.15) is 0 Å². The minimum atomic E-state index is -0.726. The molecule has 3 aromatic carbocycles. The van der Waals surface area contributed by atoms with Crippen molar-refractivity contribution >= 4 is 22.6 Å². The van der Waals surface area contributed by atoms with Gasteiger partial charge in [-0.1, -0.05) is 48.5 Å². The SMILES string of the molecule is COC(=O)C1CC(=O)N(OCc2ccc3ccccc3c2)C12CCN(Cc1cccc(O)c1)CC2. The number of fused-ring (bicyclic) bond motifs is 1. The van der Waals surface area contributed by atoms with Gasteiger partial charge in [-0.05, 0) is 52.9 Å². The van der Waals surface area contributed by atoms with Gasteiger partial charge < -0.3 is 9.84 Å². The Balaban J connectivity index is 1.33. The summed E-state index contributed by atoms with van der Waals surface area (Å²) in [5.74, 6) is -0.852. The molecule has 1 atom stereocenters. The summed E-state index contributed by atoms with van der Waals surface area (Å²) < 4.78 is 5.09. The summed E-state index contributed by atoms with van der Waals surface area (Å²) in [6.45, 7) is 2.34. The minimum Gasteiger partial charge on any atom is -0.508 e. The maximum atomic E-state index is 13.1. The molecule has 0 aliphatic carbocycles. The quantitative estimate of drug-likeness (QED) is 0.544. The van der Waals surface area contributed by atoms with Crippen LogP contribution in [-0.4, -0.2) is 52.7 Å². The molecule has 3 aromatic rings. The number of aromatic hydroxyl groups is 1. The Bertz CT molecular complexity index is 1230. The molecule has 0 saturated carbocycles. The highest BCUT2D eigenvalue weighted by Crippen LogP contribution is 2.45. The van der Waals surface area contributed by atoms with Crippen molar-refractivity contribution in [2.24, 2.45) is 5.92 Å². The summed E-state index contributed by atoms with van der Waals surface area (Å²) in [6, 6.07) is 21.5. The van der Waals surface area contributed by atoms with Gasteiger partial charge in [0.25, 0.3) is 0 Å². The molecule has 0 radical (unpaired) electrons. The normalized spacial score (nSPS) is 20.0. The van der Waals surface area contributed by atoms with Crippen LogP contribution in [0.4, 0.5) is 0 Å². The second-order valence-corrected chi connectivity index (χ2v) is 9.47. The number of hydroxylamine groups is 2. The van der Waals surface area contributed by atoms with Gasteiger partial charge in [0.1, 0.15) is 12.4 Å². The number of hydrogen-bond donors (Lipinski definition) is 1. The van der Waals surface area contributed by atoms with Crippen LogP contribution in [-0.2, 0) is 32.3 Å². The van der Waals surface area contributed by atoms with E-state index in [9.17, 15) is 14.7 Å². The molecule has 2 aliphatic heterocycles. The number of ether oxygens (including phenoxy) is 1. The Labute approximate surface area is 204 Å². The van der Waals surface area contributed by atoms with Crippen molar-refractivity contribution < 1.29 is 24.3 Å². The number of phenols is 1. The Hall–Kier alpha value is -3.42. The molecule has 1 N–H and O–H groups in total. The van der Waals surface area contributed by atoms with Gasteiger partial charge in [-0.25, -0.2) is 5.06 Å². The molecule has 7 nitrogen and oxygen atoms in total. The van der Waals surface area contributed by atoms with Crippen molar-refractivity contribution in [1.29, 1.82) is 0 Å². The Kier molecular flexibility index (Phi) is 6.45. The fourth-order valence-electron chi connectivity index (χ4n) is 5.51. The van der Waals surface area contributed by atoms with Crippen LogP contribution in [0.15, 0.2) is 66.7 Å². The fourth-order valence-corrected chi connectivity index (χ4v) is 5.51. The summed E-state index contributed by atoms with van der Waals surface area (Å²) >= 11 is 0. The molecule has 7 heteroatoms. The van der Waals surface area contributed by atoms with Crippen LogP contribution in [0.1, 0.15) is 30.4 Å². The van der Waals surface area contributed by atoms with Crippen LogP contribution in [0.25, 0.3) is 10.8 Å². The van der Waals surface area contributed by atoms with E-state index in [0.29, 0.717) is 32.5 Å². The van der Waals surface area contributed by atoms with Crippen molar-refractivity contribution in [3.05, 3.63) is 77.9 Å². The summed E-state index contributed by atoms with van der Waals surface area (Å²) in [7, 11) is 1.37. The van der Waals surface area contributed by atoms with E-state index < -0.39 is 11.5 Å². The molecule has 1 spiro atoms. The van der Waals surface area contributed by atoms with Crippen molar-refractivity contribution in [3.63, 3.8) is 0 Å². The lowest BCUT2D eigenvalue weighted by molar-refractivity contribution is -0.229. The smallest absolute Gasteiger partial charge is 0.311 e. The first kappa shape index (κ1) is 23.3. The summed E-state index contributed by atoms with van der Waals surface area (Å²) in [4.78, 5) is 34.2. The predicted molar refractivity (Wildman–Crippen MR) is 131 cm³/mol. The number of amides is 1. The number of nitrogens with zero attached hydrogens (tertiary/aromatic N) is 2. The number of esters is 1. The number of benzene rings is 3. The van der Waals surface area contributed by atoms with E-state index in [1.165, 1.54) is 12.2 Å². The highest BCUT2D eigenvalue weighted by Gasteiger charge is 2.58. The van der Waals surface area contributed by atoms with Gasteiger partial charge in [0.2, 0.25) is 5.91 Å². The van der Waals surface area contributed by atoms with Crippen molar-refractivity contribution in [1.82, 2.24) is 9.96 Å². The fraction of sp³-hybridized carbons (Fsp3) is 0.357. The zero-order valence-corrected chi connectivity index (χ0v) is 19.9. The molecule has 2 fully saturated rings.